The fourth-order valence-corrected chi connectivity index (χ4v) is 3.90. The van der Waals surface area contributed by atoms with Gasteiger partial charge in [0, 0.05) is 25.0 Å². The summed E-state index contributed by atoms with van der Waals surface area (Å²) in [4.78, 5) is 11.7. The maximum absolute atomic E-state index is 11.7. The molecule has 0 aromatic rings. The number of nitrogens with one attached hydrogen (secondary N) is 2. The summed E-state index contributed by atoms with van der Waals surface area (Å²) in [6, 6.07) is 0.964. The monoisotopic (exact) mass is 280 g/mol. The lowest BCUT2D eigenvalue weighted by Crippen LogP contribution is -2.41. The van der Waals surface area contributed by atoms with Crippen molar-refractivity contribution < 1.29 is 4.79 Å². The van der Waals surface area contributed by atoms with E-state index in [0.29, 0.717) is 18.5 Å². The topological polar surface area (TPSA) is 41.1 Å². The van der Waals surface area contributed by atoms with E-state index < -0.39 is 0 Å². The molecular weight excluding hydrogens is 248 g/mol. The minimum Gasteiger partial charge on any atom is -0.354 e. The molecule has 2 saturated carbocycles. The third kappa shape index (κ3) is 4.76. The van der Waals surface area contributed by atoms with Crippen molar-refractivity contribution in [3.05, 3.63) is 0 Å². The van der Waals surface area contributed by atoms with E-state index >= 15 is 0 Å². The molecule has 3 nitrogen and oxygen atoms in total. The van der Waals surface area contributed by atoms with Gasteiger partial charge in [0.1, 0.15) is 0 Å². The van der Waals surface area contributed by atoms with Gasteiger partial charge in [-0.1, -0.05) is 32.6 Å². The van der Waals surface area contributed by atoms with E-state index in [0.717, 1.165) is 24.8 Å². The Hall–Kier alpha value is -0.570. The molecule has 2 rings (SSSR count). The molecule has 2 fully saturated rings. The lowest BCUT2D eigenvalue weighted by molar-refractivity contribution is -0.121. The second-order valence-corrected chi connectivity index (χ2v) is 6.90. The van der Waals surface area contributed by atoms with Crippen molar-refractivity contribution in [1.82, 2.24) is 10.6 Å². The summed E-state index contributed by atoms with van der Waals surface area (Å²) in [7, 11) is 0. The van der Waals surface area contributed by atoms with E-state index in [1.54, 1.807) is 0 Å². The molecule has 2 N–H and O–H groups in total. The van der Waals surface area contributed by atoms with Crippen LogP contribution in [0.1, 0.15) is 71.6 Å². The average Bonchev–Trinajstić information content (AvgIpc) is 2.47. The standard InChI is InChI=1S/C17H32N2O/c1-3-13(2)19-17(20)10-11-18-16-9-8-14-6-4-5-7-15(14)12-16/h13-16,18H,3-12H2,1-2H3,(H,19,20). The molecule has 0 bridgehead atoms. The van der Waals surface area contributed by atoms with Crippen molar-refractivity contribution in [2.45, 2.75) is 83.7 Å². The summed E-state index contributed by atoms with van der Waals surface area (Å²) in [5.41, 5.74) is 0. The second-order valence-electron chi connectivity index (χ2n) is 6.90. The van der Waals surface area contributed by atoms with Gasteiger partial charge in [0.2, 0.25) is 5.91 Å². The number of rotatable bonds is 6. The third-order valence-corrected chi connectivity index (χ3v) is 5.34. The molecule has 0 aromatic carbocycles. The summed E-state index contributed by atoms with van der Waals surface area (Å²) in [6.45, 7) is 5.01. The van der Waals surface area contributed by atoms with Crippen molar-refractivity contribution >= 4 is 5.91 Å². The van der Waals surface area contributed by atoms with E-state index in [1.807, 2.05) is 0 Å². The van der Waals surface area contributed by atoms with E-state index in [1.165, 1.54) is 44.9 Å². The van der Waals surface area contributed by atoms with E-state index in [9.17, 15) is 4.79 Å². The SMILES string of the molecule is CCC(C)NC(=O)CCNC1CCC2CCCCC2C1. The Morgan fingerprint density at radius 2 is 1.90 bits per heavy atom. The quantitative estimate of drug-likeness (QED) is 0.784. The molecule has 0 heterocycles. The first-order chi connectivity index (χ1) is 9.69. The van der Waals surface area contributed by atoms with Crippen LogP contribution in [0, 0.1) is 11.8 Å². The lowest BCUT2D eigenvalue weighted by atomic mass is 9.69. The van der Waals surface area contributed by atoms with E-state index in [2.05, 4.69) is 24.5 Å². The molecule has 4 unspecified atom stereocenters. The molecule has 0 spiro atoms. The summed E-state index contributed by atoms with van der Waals surface area (Å²) in [5.74, 6) is 2.16. The molecule has 1 amide bonds. The molecular formula is C17H32N2O. The fraction of sp³-hybridized carbons (Fsp3) is 0.941. The number of carbonyl (C=O) groups is 1. The first-order valence-corrected chi connectivity index (χ1v) is 8.71. The second kappa shape index (κ2) is 8.02. The Kier molecular flexibility index (Phi) is 6.34. The van der Waals surface area contributed by atoms with Crippen LogP contribution < -0.4 is 10.6 Å². The molecule has 116 valence electrons. The lowest BCUT2D eigenvalue weighted by Gasteiger charge is -2.39. The van der Waals surface area contributed by atoms with Crippen LogP contribution in [0.15, 0.2) is 0 Å². The van der Waals surface area contributed by atoms with Gasteiger partial charge in [-0.3, -0.25) is 4.79 Å². The minimum atomic E-state index is 0.193. The highest BCUT2D eigenvalue weighted by Gasteiger charge is 2.31. The van der Waals surface area contributed by atoms with Gasteiger partial charge in [0.05, 0.1) is 0 Å². The maximum Gasteiger partial charge on any atom is 0.221 e. The van der Waals surface area contributed by atoms with Crippen LogP contribution in [0.5, 0.6) is 0 Å². The van der Waals surface area contributed by atoms with Gasteiger partial charge >= 0.3 is 0 Å². The van der Waals surface area contributed by atoms with Gasteiger partial charge in [0.25, 0.3) is 0 Å². The van der Waals surface area contributed by atoms with Gasteiger partial charge in [-0.2, -0.15) is 0 Å². The van der Waals surface area contributed by atoms with Crippen molar-refractivity contribution in [2.75, 3.05) is 6.54 Å². The molecule has 2 aliphatic rings. The van der Waals surface area contributed by atoms with E-state index in [-0.39, 0.29) is 5.91 Å². The molecule has 0 aromatic heterocycles. The van der Waals surface area contributed by atoms with Crippen LogP contribution in [-0.4, -0.2) is 24.5 Å². The van der Waals surface area contributed by atoms with Crippen LogP contribution in [0.4, 0.5) is 0 Å². The van der Waals surface area contributed by atoms with Crippen molar-refractivity contribution in [2.24, 2.45) is 11.8 Å². The zero-order valence-corrected chi connectivity index (χ0v) is 13.3. The highest BCUT2D eigenvalue weighted by Crippen LogP contribution is 2.40. The molecule has 20 heavy (non-hydrogen) atoms. The number of hydrogen-bond donors (Lipinski definition) is 2. The Bertz CT molecular complexity index is 305. The largest absolute Gasteiger partial charge is 0.354 e. The van der Waals surface area contributed by atoms with Gasteiger partial charge < -0.3 is 10.6 Å². The Balaban J connectivity index is 1.61. The van der Waals surface area contributed by atoms with Crippen molar-refractivity contribution in [1.29, 1.82) is 0 Å². The highest BCUT2D eigenvalue weighted by molar-refractivity contribution is 5.76. The number of carbonyl (C=O) groups excluding carboxylic acids is 1. The van der Waals surface area contributed by atoms with Gasteiger partial charge in [-0.05, 0) is 44.4 Å². The Morgan fingerprint density at radius 3 is 2.65 bits per heavy atom. The minimum absolute atomic E-state index is 0.193. The normalized spacial score (nSPS) is 31.4. The molecule has 2 aliphatic carbocycles. The molecule has 0 saturated heterocycles. The highest BCUT2D eigenvalue weighted by atomic mass is 16.1. The fourth-order valence-electron chi connectivity index (χ4n) is 3.90. The van der Waals surface area contributed by atoms with Crippen molar-refractivity contribution in [3.8, 4) is 0 Å². The van der Waals surface area contributed by atoms with Crippen LogP contribution in [-0.2, 0) is 4.79 Å². The zero-order valence-electron chi connectivity index (χ0n) is 13.3. The molecule has 4 atom stereocenters. The number of fused-ring (bicyclic) bond motifs is 1. The van der Waals surface area contributed by atoms with Crippen LogP contribution in [0.2, 0.25) is 0 Å². The van der Waals surface area contributed by atoms with Gasteiger partial charge in [-0.25, -0.2) is 0 Å². The summed E-state index contributed by atoms with van der Waals surface area (Å²) < 4.78 is 0. The van der Waals surface area contributed by atoms with Crippen LogP contribution in [0.3, 0.4) is 0 Å². The summed E-state index contributed by atoms with van der Waals surface area (Å²) in [5, 5.41) is 6.65. The predicted octanol–water partition coefficient (Wildman–Crippen LogP) is 3.24. The number of amides is 1. The number of hydrogen-bond acceptors (Lipinski definition) is 2. The average molecular weight is 280 g/mol. The van der Waals surface area contributed by atoms with Gasteiger partial charge in [0.15, 0.2) is 0 Å². The molecule has 3 heteroatoms. The summed E-state index contributed by atoms with van der Waals surface area (Å²) in [6.07, 6.45) is 11.5. The van der Waals surface area contributed by atoms with E-state index in [4.69, 9.17) is 0 Å². The molecule has 0 radical (unpaired) electrons. The third-order valence-electron chi connectivity index (χ3n) is 5.34. The predicted molar refractivity (Wildman–Crippen MR) is 83.6 cm³/mol. The first-order valence-electron chi connectivity index (χ1n) is 8.71. The van der Waals surface area contributed by atoms with Gasteiger partial charge in [-0.15, -0.1) is 0 Å². The summed E-state index contributed by atoms with van der Waals surface area (Å²) >= 11 is 0. The smallest absolute Gasteiger partial charge is 0.221 e. The van der Waals surface area contributed by atoms with Crippen molar-refractivity contribution in [3.63, 3.8) is 0 Å². The maximum atomic E-state index is 11.7. The Labute approximate surface area is 124 Å². The first kappa shape index (κ1) is 15.8. The molecule has 0 aliphatic heterocycles. The zero-order chi connectivity index (χ0) is 14.4. The van der Waals surface area contributed by atoms with Crippen LogP contribution in [0.25, 0.3) is 0 Å². The van der Waals surface area contributed by atoms with Crippen LogP contribution >= 0.6 is 0 Å². The Morgan fingerprint density at radius 1 is 1.15 bits per heavy atom.